The van der Waals surface area contributed by atoms with Crippen LogP contribution in [0.2, 0.25) is 0 Å². The van der Waals surface area contributed by atoms with Gasteiger partial charge in [0.1, 0.15) is 0 Å². The Morgan fingerprint density at radius 1 is 1.12 bits per heavy atom. The summed E-state index contributed by atoms with van der Waals surface area (Å²) in [5, 5.41) is 0. The smallest absolute Gasteiger partial charge is 0.318 e. The summed E-state index contributed by atoms with van der Waals surface area (Å²) in [6.45, 7) is 3.80. The maximum Gasteiger partial charge on any atom is 0.318 e. The van der Waals surface area contributed by atoms with E-state index < -0.39 is 11.1 Å². The summed E-state index contributed by atoms with van der Waals surface area (Å²) in [4.78, 5) is 40.1. The molecule has 6 rings (SSSR count). The molecule has 34 heavy (non-hydrogen) atoms. The first-order valence-electron chi connectivity index (χ1n) is 12.2. The van der Waals surface area contributed by atoms with Crippen molar-refractivity contribution < 1.29 is 4.74 Å². The third-order valence-electron chi connectivity index (χ3n) is 7.46. The third-order valence-corrected chi connectivity index (χ3v) is 7.46. The van der Waals surface area contributed by atoms with E-state index in [1.54, 1.807) is 17.8 Å². The minimum atomic E-state index is -0.511. The summed E-state index contributed by atoms with van der Waals surface area (Å²) in [7, 11) is 1.65. The SMILES string of the molecule is Cn1c(=O)c(=O)n(C2CCN(C3N=CC=CN3CC3CC3)CC2)c2ncc(C3=CCOC3)cc21. The van der Waals surface area contributed by atoms with Crippen molar-refractivity contribution in [3.05, 3.63) is 56.9 Å². The second-order valence-electron chi connectivity index (χ2n) is 9.74. The number of hydrogen-bond donors (Lipinski definition) is 0. The monoisotopic (exact) mass is 462 g/mol. The molecule has 9 nitrogen and oxygen atoms in total. The molecule has 1 aliphatic carbocycles. The van der Waals surface area contributed by atoms with Crippen molar-refractivity contribution in [2.24, 2.45) is 18.0 Å². The lowest BCUT2D eigenvalue weighted by Crippen LogP contribution is -2.51. The molecule has 1 unspecified atom stereocenters. The first kappa shape index (κ1) is 21.5. The summed E-state index contributed by atoms with van der Waals surface area (Å²) in [5.41, 5.74) is 2.23. The Hall–Kier alpha value is -3.04. The van der Waals surface area contributed by atoms with E-state index in [-0.39, 0.29) is 12.3 Å². The second kappa shape index (κ2) is 8.63. The number of likely N-dealkylation sites (tertiary alicyclic amines) is 1. The Balaban J connectivity index is 1.28. The molecule has 2 aromatic heterocycles. The molecule has 0 radical (unpaired) electrons. The van der Waals surface area contributed by atoms with Gasteiger partial charge in [-0.3, -0.25) is 24.0 Å². The molecule has 2 aromatic rings. The van der Waals surface area contributed by atoms with E-state index in [0.29, 0.717) is 24.4 Å². The molecular formula is C25H30N6O3. The molecule has 0 spiro atoms. The normalized spacial score (nSPS) is 23.7. The summed E-state index contributed by atoms with van der Waals surface area (Å²) in [6, 6.07) is 1.89. The topological polar surface area (TPSA) is 85.0 Å². The Morgan fingerprint density at radius 3 is 2.68 bits per heavy atom. The molecule has 0 amide bonds. The molecule has 0 N–H and O–H groups in total. The minimum Gasteiger partial charge on any atom is -0.373 e. The van der Waals surface area contributed by atoms with Crippen molar-refractivity contribution in [1.82, 2.24) is 23.9 Å². The van der Waals surface area contributed by atoms with E-state index in [4.69, 9.17) is 9.73 Å². The maximum absolute atomic E-state index is 13.1. The van der Waals surface area contributed by atoms with Crippen molar-refractivity contribution in [2.45, 2.75) is 38.0 Å². The lowest BCUT2D eigenvalue weighted by molar-refractivity contribution is 0.0492. The number of allylic oxidation sites excluding steroid dienone is 1. The Labute approximate surface area is 197 Å². The Morgan fingerprint density at radius 2 is 1.94 bits per heavy atom. The average molecular weight is 463 g/mol. The minimum absolute atomic E-state index is 0.0197. The van der Waals surface area contributed by atoms with E-state index in [9.17, 15) is 9.59 Å². The summed E-state index contributed by atoms with van der Waals surface area (Å²) in [6.07, 6.45) is 14.0. The number of ether oxygens (including phenoxy) is 1. The number of aliphatic imine (C=N–C) groups is 1. The Kier molecular flexibility index (Phi) is 5.45. The van der Waals surface area contributed by atoms with Crippen LogP contribution in [0.3, 0.4) is 0 Å². The van der Waals surface area contributed by atoms with Crippen LogP contribution in [0.15, 0.2) is 45.2 Å². The van der Waals surface area contributed by atoms with Gasteiger partial charge in [-0.25, -0.2) is 4.98 Å². The molecule has 1 saturated carbocycles. The molecule has 1 atom stereocenters. The highest BCUT2D eigenvalue weighted by Crippen LogP contribution is 2.33. The van der Waals surface area contributed by atoms with Gasteiger partial charge in [0.25, 0.3) is 0 Å². The Bertz CT molecular complexity index is 1310. The van der Waals surface area contributed by atoms with Gasteiger partial charge in [0.2, 0.25) is 0 Å². The van der Waals surface area contributed by atoms with Gasteiger partial charge in [-0.15, -0.1) is 0 Å². The van der Waals surface area contributed by atoms with E-state index in [1.807, 2.05) is 24.4 Å². The van der Waals surface area contributed by atoms with Gasteiger partial charge >= 0.3 is 11.1 Å². The van der Waals surface area contributed by atoms with E-state index in [2.05, 4.69) is 21.0 Å². The van der Waals surface area contributed by atoms with Crippen LogP contribution in [0.25, 0.3) is 16.7 Å². The number of rotatable bonds is 5. The van der Waals surface area contributed by atoms with Crippen LogP contribution in [0, 0.1) is 5.92 Å². The average Bonchev–Trinajstić information content (AvgIpc) is 3.51. The van der Waals surface area contributed by atoms with Gasteiger partial charge in [-0.1, -0.05) is 6.08 Å². The van der Waals surface area contributed by atoms with E-state index >= 15 is 0 Å². The van der Waals surface area contributed by atoms with Crippen LogP contribution < -0.4 is 11.1 Å². The molecule has 5 heterocycles. The number of fused-ring (bicyclic) bond motifs is 1. The van der Waals surface area contributed by atoms with Crippen molar-refractivity contribution in [3.8, 4) is 0 Å². The van der Waals surface area contributed by atoms with Crippen LogP contribution in [0.4, 0.5) is 0 Å². The first-order chi connectivity index (χ1) is 16.6. The van der Waals surface area contributed by atoms with Gasteiger partial charge in [0.15, 0.2) is 11.9 Å². The zero-order chi connectivity index (χ0) is 23.2. The highest BCUT2D eigenvalue weighted by atomic mass is 16.5. The van der Waals surface area contributed by atoms with E-state index in [1.165, 1.54) is 17.4 Å². The quantitative estimate of drug-likeness (QED) is 0.630. The first-order valence-corrected chi connectivity index (χ1v) is 12.2. The largest absolute Gasteiger partial charge is 0.373 e. The van der Waals surface area contributed by atoms with Gasteiger partial charge in [0.05, 0.1) is 18.7 Å². The van der Waals surface area contributed by atoms with Crippen molar-refractivity contribution in [2.75, 3.05) is 32.8 Å². The third kappa shape index (κ3) is 3.82. The summed E-state index contributed by atoms with van der Waals surface area (Å²) >= 11 is 0. The standard InChI is InChI=1S/C25H30N6O3/c1-28-21-13-19(18-7-12-34-16-18)14-27-22(21)31(24(33)23(28)32)20-5-10-29(11-6-20)25-26-8-2-9-30(25)15-17-3-4-17/h2,7-9,13-14,17,20,25H,3-6,10-12,15-16H2,1H3. The zero-order valence-corrected chi connectivity index (χ0v) is 19.5. The molecule has 1 saturated heterocycles. The number of aryl methyl sites for hydroxylation is 1. The summed E-state index contributed by atoms with van der Waals surface area (Å²) in [5.74, 6) is 0.783. The van der Waals surface area contributed by atoms with Crippen LogP contribution in [-0.4, -0.2) is 69.3 Å². The fourth-order valence-electron chi connectivity index (χ4n) is 5.30. The molecule has 4 aliphatic rings. The second-order valence-corrected chi connectivity index (χ2v) is 9.74. The number of pyridine rings is 1. The molecule has 178 valence electrons. The number of hydrogen-bond acceptors (Lipinski definition) is 7. The zero-order valence-electron chi connectivity index (χ0n) is 19.5. The number of piperidine rings is 1. The maximum atomic E-state index is 13.1. The van der Waals surface area contributed by atoms with E-state index in [0.717, 1.165) is 49.5 Å². The molecule has 2 fully saturated rings. The van der Waals surface area contributed by atoms with Crippen LogP contribution in [0.5, 0.6) is 0 Å². The van der Waals surface area contributed by atoms with Gasteiger partial charge in [-0.05, 0) is 49.3 Å². The molecule has 0 aromatic carbocycles. The van der Waals surface area contributed by atoms with Crippen LogP contribution in [-0.2, 0) is 11.8 Å². The fraction of sp³-hybridized carbons (Fsp3) is 0.520. The summed E-state index contributed by atoms with van der Waals surface area (Å²) < 4.78 is 8.51. The predicted molar refractivity (Wildman–Crippen MR) is 131 cm³/mol. The van der Waals surface area contributed by atoms with Gasteiger partial charge < -0.3 is 14.2 Å². The molecule has 3 aliphatic heterocycles. The number of aromatic nitrogens is 3. The molecular weight excluding hydrogens is 432 g/mol. The highest BCUT2D eigenvalue weighted by molar-refractivity contribution is 5.78. The number of nitrogens with zero attached hydrogens (tertiary/aromatic N) is 6. The molecule has 0 bridgehead atoms. The fourth-order valence-corrected chi connectivity index (χ4v) is 5.30. The lowest BCUT2D eigenvalue weighted by Gasteiger charge is -2.41. The molecule has 9 heteroatoms. The van der Waals surface area contributed by atoms with Crippen LogP contribution in [0.1, 0.15) is 37.3 Å². The van der Waals surface area contributed by atoms with Gasteiger partial charge in [0, 0.05) is 56.9 Å². The van der Waals surface area contributed by atoms with Crippen molar-refractivity contribution >= 4 is 23.0 Å². The highest BCUT2D eigenvalue weighted by Gasteiger charge is 2.33. The van der Waals surface area contributed by atoms with Crippen molar-refractivity contribution in [1.29, 1.82) is 0 Å². The van der Waals surface area contributed by atoms with Crippen LogP contribution >= 0.6 is 0 Å². The predicted octanol–water partition coefficient (Wildman–Crippen LogP) is 1.74. The van der Waals surface area contributed by atoms with Crippen molar-refractivity contribution in [3.63, 3.8) is 0 Å². The lowest BCUT2D eigenvalue weighted by atomic mass is 10.0. The van der Waals surface area contributed by atoms with Gasteiger partial charge in [-0.2, -0.15) is 0 Å².